The van der Waals surface area contributed by atoms with E-state index in [4.69, 9.17) is 32.9 Å². The third-order valence-electron chi connectivity index (χ3n) is 6.48. The molecular weight excluding hydrogens is 600 g/mol. The van der Waals surface area contributed by atoms with Crippen LogP contribution in [0.4, 0.5) is 13.2 Å². The van der Waals surface area contributed by atoms with Crippen molar-refractivity contribution < 1.29 is 27.4 Å². The van der Waals surface area contributed by atoms with Crippen molar-refractivity contribution in [3.05, 3.63) is 130 Å². The van der Waals surface area contributed by atoms with Gasteiger partial charge in [0.1, 0.15) is 11.6 Å². The van der Waals surface area contributed by atoms with Crippen LogP contribution in [0.15, 0.2) is 97.2 Å². The van der Waals surface area contributed by atoms with Crippen LogP contribution in [-0.2, 0) is 11.3 Å². The lowest BCUT2D eigenvalue weighted by atomic mass is 10.0. The smallest absolute Gasteiger partial charge is 0.465 e. The fourth-order valence-corrected chi connectivity index (χ4v) is 4.92. The molecule has 0 bridgehead atoms. The number of esters is 1. The van der Waals surface area contributed by atoms with Crippen LogP contribution in [0.25, 0.3) is 34.5 Å². The summed E-state index contributed by atoms with van der Waals surface area (Å²) in [6.07, 6.45) is 0.816. The highest BCUT2D eigenvalue weighted by molar-refractivity contribution is 6.36. The van der Waals surface area contributed by atoms with E-state index in [0.717, 1.165) is 22.3 Å². The maximum atomic E-state index is 12.6. The van der Waals surface area contributed by atoms with E-state index in [1.54, 1.807) is 48.5 Å². The van der Waals surface area contributed by atoms with Gasteiger partial charge in [-0.2, -0.15) is 0 Å². The quantitative estimate of drug-likeness (QED) is 0.162. The number of hydrogen-bond donors (Lipinski definition) is 0. The number of benzene rings is 4. The molecule has 0 fully saturated rings. The molecule has 43 heavy (non-hydrogen) atoms. The van der Waals surface area contributed by atoms with Crippen molar-refractivity contribution in [2.24, 2.45) is 0 Å². The van der Waals surface area contributed by atoms with Gasteiger partial charge in [0, 0.05) is 23.3 Å². The lowest BCUT2D eigenvalue weighted by molar-refractivity contribution is -0.274. The fraction of sp³-hybridized carbons (Fsp3) is 0.0909. The van der Waals surface area contributed by atoms with Crippen LogP contribution in [0.5, 0.6) is 5.75 Å². The summed E-state index contributed by atoms with van der Waals surface area (Å²) >= 11 is 12.5. The molecule has 0 unspecified atom stereocenters. The molecule has 0 aliphatic carbocycles. The first-order valence-corrected chi connectivity index (χ1v) is 13.7. The molecule has 4 aromatic carbocycles. The number of nitrogens with zero attached hydrogens (tertiary/aromatic N) is 2. The number of imidazole rings is 1. The number of carbonyl (C=O) groups excluding carboxylic acids is 1. The van der Waals surface area contributed by atoms with E-state index in [0.29, 0.717) is 39.2 Å². The van der Waals surface area contributed by atoms with Crippen LogP contribution in [-0.4, -0.2) is 29.0 Å². The number of hydrogen-bond acceptors (Lipinski definition) is 4. The number of carbonyl (C=O) groups is 1. The molecule has 0 amide bonds. The third kappa shape index (κ3) is 7.66. The van der Waals surface area contributed by atoms with E-state index >= 15 is 0 Å². The van der Waals surface area contributed by atoms with Gasteiger partial charge in [-0.3, -0.25) is 0 Å². The Kier molecular flexibility index (Phi) is 8.89. The van der Waals surface area contributed by atoms with Gasteiger partial charge < -0.3 is 14.0 Å². The Morgan fingerprint density at radius 1 is 0.907 bits per heavy atom. The molecule has 1 heterocycles. The summed E-state index contributed by atoms with van der Waals surface area (Å²) in [7, 11) is 1.34. The van der Waals surface area contributed by atoms with Gasteiger partial charge in [-0.05, 0) is 70.8 Å². The molecule has 0 atom stereocenters. The van der Waals surface area contributed by atoms with E-state index in [1.165, 1.54) is 19.2 Å². The molecule has 0 radical (unpaired) electrons. The van der Waals surface area contributed by atoms with Gasteiger partial charge in [0.15, 0.2) is 0 Å². The topological polar surface area (TPSA) is 53.3 Å². The molecule has 0 saturated carbocycles. The first-order chi connectivity index (χ1) is 20.6. The van der Waals surface area contributed by atoms with E-state index < -0.39 is 12.3 Å². The Bertz CT molecular complexity index is 1780. The van der Waals surface area contributed by atoms with Crippen LogP contribution < -0.4 is 4.74 Å². The molecule has 0 aliphatic rings. The van der Waals surface area contributed by atoms with Gasteiger partial charge in [-0.15, -0.1) is 13.2 Å². The molecular formula is C33H23Cl2F3N2O3. The maximum absolute atomic E-state index is 12.6. The minimum absolute atomic E-state index is 0.295. The molecule has 0 saturated heterocycles. The van der Waals surface area contributed by atoms with Gasteiger partial charge in [-0.1, -0.05) is 77.8 Å². The molecule has 0 aliphatic heterocycles. The molecule has 10 heteroatoms. The van der Waals surface area contributed by atoms with Crippen molar-refractivity contribution in [1.29, 1.82) is 0 Å². The highest BCUT2D eigenvalue weighted by atomic mass is 35.5. The molecule has 218 valence electrons. The molecule has 5 nitrogen and oxygen atoms in total. The molecule has 5 rings (SSSR count). The summed E-state index contributed by atoms with van der Waals surface area (Å²) in [5.41, 5.74) is 5.23. The second-order valence-electron chi connectivity index (χ2n) is 9.46. The second-order valence-corrected chi connectivity index (χ2v) is 10.3. The first kappa shape index (κ1) is 29.9. The van der Waals surface area contributed by atoms with E-state index in [2.05, 4.69) is 4.74 Å². The minimum Gasteiger partial charge on any atom is -0.465 e. The van der Waals surface area contributed by atoms with Gasteiger partial charge in [0.05, 0.1) is 23.4 Å². The summed E-state index contributed by atoms with van der Waals surface area (Å²) < 4.78 is 48.4. The van der Waals surface area contributed by atoms with Crippen molar-refractivity contribution in [3.8, 4) is 28.1 Å². The Labute approximate surface area is 255 Å². The van der Waals surface area contributed by atoms with Crippen LogP contribution in [0, 0.1) is 0 Å². The van der Waals surface area contributed by atoms with Crippen molar-refractivity contribution in [2.45, 2.75) is 12.9 Å². The number of methoxy groups -OCH3 is 1. The highest BCUT2D eigenvalue weighted by Crippen LogP contribution is 2.31. The van der Waals surface area contributed by atoms with Gasteiger partial charge >= 0.3 is 12.3 Å². The summed E-state index contributed by atoms with van der Waals surface area (Å²) in [6.45, 7) is 0.333. The van der Waals surface area contributed by atoms with Gasteiger partial charge in [0.2, 0.25) is 0 Å². The number of aromatic nitrogens is 2. The number of halogens is 5. The highest BCUT2D eigenvalue weighted by Gasteiger charge is 2.31. The zero-order valence-electron chi connectivity index (χ0n) is 22.6. The largest absolute Gasteiger partial charge is 0.573 e. The Hall–Kier alpha value is -4.53. The first-order valence-electron chi connectivity index (χ1n) is 12.9. The predicted molar refractivity (Wildman–Crippen MR) is 162 cm³/mol. The summed E-state index contributed by atoms with van der Waals surface area (Å²) in [6, 6.07) is 25.8. The SMILES string of the molecule is COC(=O)c1cccc(-c2ccc(C=Cc3nc(-c4ccc(Cl)cc4Cl)cn3Cc3ccc(OC(F)(F)F)cc3)cc2)c1. The Morgan fingerprint density at radius 2 is 1.65 bits per heavy atom. The second kappa shape index (κ2) is 12.8. The average Bonchev–Trinajstić information content (AvgIpc) is 3.38. The minimum atomic E-state index is -4.76. The molecule has 1 aromatic heterocycles. The summed E-state index contributed by atoms with van der Waals surface area (Å²) in [5.74, 6) is -0.0932. The van der Waals surface area contributed by atoms with Crippen molar-refractivity contribution in [2.75, 3.05) is 7.11 Å². The lowest BCUT2D eigenvalue weighted by Gasteiger charge is -2.10. The molecule has 0 N–H and O–H groups in total. The standard InChI is InChI=1S/C33H23Cl2F3N2O3/c1-42-32(41)25-4-2-3-24(17-25)23-10-5-21(6-11-23)9-16-31-39-30(28-15-12-26(34)18-29(28)35)20-40(31)19-22-7-13-27(14-8-22)43-33(36,37)38/h2-18,20H,19H2,1H3. The van der Waals surface area contributed by atoms with Crippen LogP contribution in [0.1, 0.15) is 27.3 Å². The average molecular weight is 623 g/mol. The maximum Gasteiger partial charge on any atom is 0.573 e. The van der Waals surface area contributed by atoms with Crippen LogP contribution >= 0.6 is 23.2 Å². The van der Waals surface area contributed by atoms with E-state index in [9.17, 15) is 18.0 Å². The Balaban J connectivity index is 1.42. The van der Waals surface area contributed by atoms with Crippen molar-refractivity contribution in [1.82, 2.24) is 9.55 Å². The van der Waals surface area contributed by atoms with Crippen LogP contribution in [0.3, 0.4) is 0 Å². The lowest BCUT2D eigenvalue weighted by Crippen LogP contribution is -2.17. The molecule has 0 spiro atoms. The van der Waals surface area contributed by atoms with E-state index in [-0.39, 0.29) is 5.75 Å². The number of rotatable bonds is 8. The summed E-state index contributed by atoms with van der Waals surface area (Å²) in [5, 5.41) is 0.933. The number of alkyl halides is 3. The zero-order chi connectivity index (χ0) is 30.6. The zero-order valence-corrected chi connectivity index (χ0v) is 24.1. The monoisotopic (exact) mass is 622 g/mol. The third-order valence-corrected chi connectivity index (χ3v) is 7.02. The fourth-order valence-electron chi connectivity index (χ4n) is 4.41. The Morgan fingerprint density at radius 3 is 2.33 bits per heavy atom. The van der Waals surface area contributed by atoms with E-state index in [1.807, 2.05) is 53.2 Å². The molecule has 5 aromatic rings. The van der Waals surface area contributed by atoms with Crippen LogP contribution in [0.2, 0.25) is 10.0 Å². The number of ether oxygens (including phenoxy) is 2. The van der Waals surface area contributed by atoms with Gasteiger partial charge in [-0.25, -0.2) is 9.78 Å². The normalized spacial score (nSPS) is 11.6. The van der Waals surface area contributed by atoms with Gasteiger partial charge in [0.25, 0.3) is 0 Å². The van der Waals surface area contributed by atoms with Crippen molar-refractivity contribution in [3.63, 3.8) is 0 Å². The van der Waals surface area contributed by atoms with Crippen molar-refractivity contribution >= 4 is 41.3 Å². The summed E-state index contributed by atoms with van der Waals surface area (Å²) in [4.78, 5) is 16.7. The predicted octanol–water partition coefficient (Wildman–Crippen LogP) is 9.43.